The number of hydrogen-bond donors (Lipinski definition) is 2. The number of nitrogens with one attached hydrogen (secondary N) is 1. The van der Waals surface area contributed by atoms with E-state index in [4.69, 9.17) is 5.73 Å². The van der Waals surface area contributed by atoms with Gasteiger partial charge in [0.05, 0.1) is 0 Å². The lowest BCUT2D eigenvalue weighted by atomic mass is 10.1. The number of amides is 2. The smallest absolute Gasteiger partial charge is 0.243 e. The van der Waals surface area contributed by atoms with Crippen LogP contribution >= 0.6 is 0 Å². The lowest BCUT2D eigenvalue weighted by Crippen LogP contribution is -2.48. The molecule has 1 atom stereocenters. The largest absolute Gasteiger partial charge is 0.353 e. The zero-order valence-corrected chi connectivity index (χ0v) is 9.95. The fourth-order valence-electron chi connectivity index (χ4n) is 1.21. The highest BCUT2D eigenvalue weighted by Gasteiger charge is 2.25. The molecule has 0 fully saturated rings. The molecular weight excluding hydrogens is 210 g/mol. The molecule has 0 aromatic carbocycles. The number of ketones is 1. The van der Waals surface area contributed by atoms with Crippen molar-refractivity contribution in [2.75, 3.05) is 20.1 Å². The molecule has 92 valence electrons. The summed E-state index contributed by atoms with van der Waals surface area (Å²) >= 11 is 0. The number of carbonyl (C=O) groups is 3. The Balaban J connectivity index is 4.58. The minimum atomic E-state index is -0.749. The molecule has 0 unspecified atom stereocenters. The van der Waals surface area contributed by atoms with Crippen LogP contribution in [0.25, 0.3) is 0 Å². The standard InChI is InChI=1S/C10H19N3O3/c1-7(14)6-9(13(3)8(2)15)10(16)12-5-4-11/h9H,4-6,11H2,1-3H3,(H,12,16)/t9-/m0/s1. The zero-order valence-electron chi connectivity index (χ0n) is 9.95. The molecule has 16 heavy (non-hydrogen) atoms. The average Bonchev–Trinajstić information content (AvgIpc) is 2.21. The second-order valence-corrected chi connectivity index (χ2v) is 3.63. The number of carbonyl (C=O) groups excluding carboxylic acids is 3. The van der Waals surface area contributed by atoms with Crippen molar-refractivity contribution in [3.8, 4) is 0 Å². The van der Waals surface area contributed by atoms with Gasteiger partial charge in [-0.2, -0.15) is 0 Å². The van der Waals surface area contributed by atoms with E-state index in [0.717, 1.165) is 0 Å². The normalized spacial score (nSPS) is 11.8. The molecule has 0 spiro atoms. The minimum Gasteiger partial charge on any atom is -0.353 e. The number of nitrogens with zero attached hydrogens (tertiary/aromatic N) is 1. The third kappa shape index (κ3) is 4.88. The van der Waals surface area contributed by atoms with Gasteiger partial charge in [-0.05, 0) is 6.92 Å². The Morgan fingerprint density at radius 1 is 1.31 bits per heavy atom. The van der Waals surface area contributed by atoms with Gasteiger partial charge in [0.15, 0.2) is 0 Å². The molecular formula is C10H19N3O3. The van der Waals surface area contributed by atoms with Crippen LogP contribution < -0.4 is 11.1 Å². The zero-order chi connectivity index (χ0) is 12.7. The molecule has 0 aromatic heterocycles. The Morgan fingerprint density at radius 3 is 2.25 bits per heavy atom. The Bertz CT molecular complexity index is 278. The molecule has 0 aliphatic carbocycles. The van der Waals surface area contributed by atoms with E-state index in [2.05, 4.69) is 5.32 Å². The summed E-state index contributed by atoms with van der Waals surface area (Å²) < 4.78 is 0. The SMILES string of the molecule is CC(=O)C[C@@H](C(=O)NCCN)N(C)C(C)=O. The quantitative estimate of drug-likeness (QED) is 0.604. The number of rotatable bonds is 6. The molecule has 0 saturated heterocycles. The second-order valence-electron chi connectivity index (χ2n) is 3.63. The van der Waals surface area contributed by atoms with Gasteiger partial charge in [0.1, 0.15) is 11.8 Å². The maximum absolute atomic E-state index is 11.7. The first-order chi connectivity index (χ1) is 7.40. The molecule has 0 bridgehead atoms. The summed E-state index contributed by atoms with van der Waals surface area (Å²) in [6, 6.07) is -0.749. The molecule has 3 N–H and O–H groups in total. The fourth-order valence-corrected chi connectivity index (χ4v) is 1.21. The summed E-state index contributed by atoms with van der Waals surface area (Å²) in [5.41, 5.74) is 5.25. The molecule has 0 aliphatic heterocycles. The van der Waals surface area contributed by atoms with Crippen molar-refractivity contribution >= 4 is 17.6 Å². The summed E-state index contributed by atoms with van der Waals surface area (Å²) in [4.78, 5) is 35.1. The molecule has 0 radical (unpaired) electrons. The van der Waals surface area contributed by atoms with E-state index in [1.165, 1.54) is 25.8 Å². The van der Waals surface area contributed by atoms with Crippen molar-refractivity contribution in [1.82, 2.24) is 10.2 Å². The first-order valence-electron chi connectivity index (χ1n) is 5.10. The Labute approximate surface area is 95.2 Å². The van der Waals surface area contributed by atoms with Crippen LogP contribution in [0.5, 0.6) is 0 Å². The summed E-state index contributed by atoms with van der Waals surface area (Å²) in [5, 5.41) is 2.56. The van der Waals surface area contributed by atoms with Gasteiger partial charge in [-0.3, -0.25) is 14.4 Å². The minimum absolute atomic E-state index is 0.0203. The van der Waals surface area contributed by atoms with Crippen LogP contribution in [0.3, 0.4) is 0 Å². The summed E-state index contributed by atoms with van der Waals surface area (Å²) in [6.45, 7) is 3.39. The van der Waals surface area contributed by atoms with Gasteiger partial charge in [-0.1, -0.05) is 0 Å². The summed E-state index contributed by atoms with van der Waals surface area (Å²) in [5.74, 6) is -0.742. The fraction of sp³-hybridized carbons (Fsp3) is 0.700. The maximum Gasteiger partial charge on any atom is 0.243 e. The first kappa shape index (κ1) is 14.6. The van der Waals surface area contributed by atoms with Crippen molar-refractivity contribution in [3.63, 3.8) is 0 Å². The molecule has 0 aliphatic rings. The van der Waals surface area contributed by atoms with Crippen LogP contribution in [-0.2, 0) is 14.4 Å². The number of likely N-dealkylation sites (N-methyl/N-ethyl adjacent to an activating group) is 1. The lowest BCUT2D eigenvalue weighted by Gasteiger charge is -2.25. The monoisotopic (exact) mass is 229 g/mol. The van der Waals surface area contributed by atoms with Crippen LogP contribution in [0.2, 0.25) is 0 Å². The molecule has 6 nitrogen and oxygen atoms in total. The third-order valence-corrected chi connectivity index (χ3v) is 2.19. The predicted octanol–water partition coefficient (Wildman–Crippen LogP) is -1.11. The molecule has 0 rings (SSSR count). The van der Waals surface area contributed by atoms with Gasteiger partial charge in [-0.25, -0.2) is 0 Å². The van der Waals surface area contributed by atoms with E-state index < -0.39 is 6.04 Å². The van der Waals surface area contributed by atoms with E-state index in [9.17, 15) is 14.4 Å². The molecule has 0 saturated carbocycles. The van der Waals surface area contributed by atoms with Gasteiger partial charge in [0.2, 0.25) is 11.8 Å². The van der Waals surface area contributed by atoms with Gasteiger partial charge in [0, 0.05) is 33.5 Å². The average molecular weight is 229 g/mol. The number of nitrogens with two attached hydrogens (primary N) is 1. The first-order valence-corrected chi connectivity index (χ1v) is 5.10. The molecule has 6 heteroatoms. The Kier molecular flexibility index (Phi) is 6.32. The van der Waals surface area contributed by atoms with Crippen LogP contribution in [0.1, 0.15) is 20.3 Å². The van der Waals surface area contributed by atoms with E-state index in [1.807, 2.05) is 0 Å². The summed E-state index contributed by atoms with van der Waals surface area (Å²) in [6.07, 6.45) is 0.0203. The van der Waals surface area contributed by atoms with Crippen molar-refractivity contribution in [1.29, 1.82) is 0 Å². The molecule has 0 aromatic rings. The van der Waals surface area contributed by atoms with Gasteiger partial charge in [0.25, 0.3) is 0 Å². The van der Waals surface area contributed by atoms with Crippen molar-refractivity contribution < 1.29 is 14.4 Å². The number of Topliss-reactive ketones (excluding diaryl/α,β-unsaturated/α-hetero) is 1. The van der Waals surface area contributed by atoms with Gasteiger partial charge >= 0.3 is 0 Å². The van der Waals surface area contributed by atoms with Gasteiger partial charge in [-0.15, -0.1) is 0 Å². The van der Waals surface area contributed by atoms with Crippen LogP contribution in [0.15, 0.2) is 0 Å². The van der Waals surface area contributed by atoms with E-state index in [0.29, 0.717) is 13.1 Å². The lowest BCUT2D eigenvalue weighted by molar-refractivity contribution is -0.139. The molecule has 0 heterocycles. The highest BCUT2D eigenvalue weighted by molar-refractivity contribution is 5.91. The van der Waals surface area contributed by atoms with Crippen molar-refractivity contribution in [2.45, 2.75) is 26.3 Å². The highest BCUT2D eigenvalue weighted by Crippen LogP contribution is 2.03. The van der Waals surface area contributed by atoms with Crippen molar-refractivity contribution in [3.05, 3.63) is 0 Å². The van der Waals surface area contributed by atoms with Gasteiger partial charge < -0.3 is 16.0 Å². The highest BCUT2D eigenvalue weighted by atomic mass is 16.2. The van der Waals surface area contributed by atoms with E-state index in [1.54, 1.807) is 0 Å². The van der Waals surface area contributed by atoms with E-state index in [-0.39, 0.29) is 24.0 Å². The topological polar surface area (TPSA) is 92.5 Å². The Hall–Kier alpha value is -1.43. The predicted molar refractivity (Wildman–Crippen MR) is 59.6 cm³/mol. The number of hydrogen-bond acceptors (Lipinski definition) is 4. The maximum atomic E-state index is 11.7. The van der Waals surface area contributed by atoms with Crippen LogP contribution in [0.4, 0.5) is 0 Å². The van der Waals surface area contributed by atoms with Crippen LogP contribution in [0, 0.1) is 0 Å². The van der Waals surface area contributed by atoms with E-state index >= 15 is 0 Å². The second kappa shape index (κ2) is 6.95. The Morgan fingerprint density at radius 2 is 1.88 bits per heavy atom. The van der Waals surface area contributed by atoms with Crippen LogP contribution in [-0.4, -0.2) is 48.7 Å². The summed E-state index contributed by atoms with van der Waals surface area (Å²) in [7, 11) is 1.50. The molecule has 2 amide bonds. The third-order valence-electron chi connectivity index (χ3n) is 2.19. The van der Waals surface area contributed by atoms with Crippen molar-refractivity contribution in [2.24, 2.45) is 5.73 Å².